The number of hydrogen-bond acceptors (Lipinski definition) is 7. The number of phosphoric ester groups is 1. The fourth-order valence-electron chi connectivity index (χ4n) is 3.18. The number of rotatable bonds is 15. The van der Waals surface area contributed by atoms with Crippen LogP contribution in [0.5, 0.6) is 5.75 Å². The second kappa shape index (κ2) is 13.5. The van der Waals surface area contributed by atoms with Gasteiger partial charge in [-0.05, 0) is 24.6 Å². The number of nitrogens with two attached hydrogens (primary N) is 1. The highest BCUT2D eigenvalue weighted by Gasteiger charge is 2.35. The van der Waals surface area contributed by atoms with E-state index in [1.165, 1.54) is 37.8 Å². The molecule has 0 saturated heterocycles. The van der Waals surface area contributed by atoms with Gasteiger partial charge in [-0.2, -0.15) is 13.2 Å². The van der Waals surface area contributed by atoms with E-state index in [1.54, 1.807) is 0 Å². The molecule has 0 amide bonds. The molecule has 0 fully saturated rings. The van der Waals surface area contributed by atoms with Crippen molar-refractivity contribution in [2.75, 3.05) is 13.2 Å². The standard InChI is InChI=1S/C21H31F3N3O5PS/c1-2-3-4-5-6-7-8-9-12-31-18-11-10-15(13-16(18)21(22,23)24)19-26-27-20(34-19)17(25)14-32-33(28,29)30/h10-11,13,17H,2-9,12,14,25H2,1H3,(H2,28,29,30). The van der Waals surface area contributed by atoms with Gasteiger partial charge in [-0.3, -0.25) is 4.52 Å². The summed E-state index contributed by atoms with van der Waals surface area (Å²) in [6.07, 6.45) is 3.96. The van der Waals surface area contributed by atoms with Gasteiger partial charge >= 0.3 is 14.0 Å². The highest BCUT2D eigenvalue weighted by Crippen LogP contribution is 2.40. The van der Waals surface area contributed by atoms with Crippen molar-refractivity contribution in [1.29, 1.82) is 0 Å². The lowest BCUT2D eigenvalue weighted by Gasteiger charge is -2.15. The summed E-state index contributed by atoms with van der Waals surface area (Å²) in [6.45, 7) is 1.85. The monoisotopic (exact) mass is 525 g/mol. The van der Waals surface area contributed by atoms with E-state index in [4.69, 9.17) is 20.3 Å². The molecule has 34 heavy (non-hydrogen) atoms. The minimum Gasteiger partial charge on any atom is -0.493 e. The molecule has 8 nitrogen and oxygen atoms in total. The Kier molecular flexibility index (Phi) is 11.4. The molecule has 2 rings (SSSR count). The molecule has 1 aromatic heterocycles. The van der Waals surface area contributed by atoms with Crippen LogP contribution in [0.25, 0.3) is 10.6 Å². The van der Waals surface area contributed by atoms with Gasteiger partial charge in [-0.1, -0.05) is 63.2 Å². The van der Waals surface area contributed by atoms with Gasteiger partial charge in [0.25, 0.3) is 0 Å². The molecular formula is C21H31F3N3O5PS. The number of benzene rings is 1. The van der Waals surface area contributed by atoms with Crippen molar-refractivity contribution in [3.8, 4) is 16.3 Å². The minimum atomic E-state index is -4.71. The first kappa shape index (κ1) is 28.7. The van der Waals surface area contributed by atoms with Gasteiger partial charge in [0.05, 0.1) is 24.8 Å². The van der Waals surface area contributed by atoms with E-state index in [0.29, 0.717) is 6.42 Å². The normalized spacial score (nSPS) is 13.3. The molecule has 0 saturated carbocycles. The molecule has 0 aliphatic heterocycles. The first-order valence-corrected chi connectivity index (χ1v) is 13.5. The predicted molar refractivity (Wildman–Crippen MR) is 123 cm³/mol. The van der Waals surface area contributed by atoms with Gasteiger partial charge in [0, 0.05) is 5.56 Å². The summed E-state index contributed by atoms with van der Waals surface area (Å²) in [5, 5.41) is 8.02. The van der Waals surface area contributed by atoms with Gasteiger partial charge in [0.1, 0.15) is 15.8 Å². The maximum atomic E-state index is 13.6. The number of ether oxygens (including phenoxy) is 1. The first-order chi connectivity index (χ1) is 16.0. The molecule has 0 aliphatic rings. The number of phosphoric acid groups is 1. The van der Waals surface area contributed by atoms with Crippen LogP contribution < -0.4 is 10.5 Å². The van der Waals surface area contributed by atoms with Crippen molar-refractivity contribution in [2.45, 2.75) is 70.5 Å². The molecule has 0 bridgehead atoms. The Labute approximate surface area is 200 Å². The van der Waals surface area contributed by atoms with Crippen molar-refractivity contribution in [1.82, 2.24) is 10.2 Å². The lowest BCUT2D eigenvalue weighted by Crippen LogP contribution is -2.16. The second-order valence-electron chi connectivity index (χ2n) is 7.87. The highest BCUT2D eigenvalue weighted by atomic mass is 32.1. The number of hydrogen-bond donors (Lipinski definition) is 3. The highest BCUT2D eigenvalue weighted by molar-refractivity contribution is 7.46. The Balaban J connectivity index is 1.98. The number of halogens is 3. The molecule has 13 heteroatoms. The smallest absolute Gasteiger partial charge is 0.469 e. The Morgan fingerprint density at radius 2 is 1.74 bits per heavy atom. The van der Waals surface area contributed by atoms with Crippen molar-refractivity contribution in [3.05, 3.63) is 28.8 Å². The molecule has 1 unspecified atom stereocenters. The SMILES string of the molecule is CCCCCCCCCCOc1ccc(-c2nnc(C(N)COP(=O)(O)O)s2)cc1C(F)(F)F. The van der Waals surface area contributed by atoms with Crippen molar-refractivity contribution in [2.24, 2.45) is 5.73 Å². The molecule has 2 aromatic rings. The molecule has 1 aromatic carbocycles. The molecule has 192 valence electrons. The van der Waals surface area contributed by atoms with Crippen molar-refractivity contribution >= 4 is 19.2 Å². The number of alkyl halides is 3. The summed E-state index contributed by atoms with van der Waals surface area (Å²) in [5.41, 5.74) is 5.05. The minimum absolute atomic E-state index is 0.173. The molecule has 1 atom stereocenters. The number of nitrogens with zero attached hydrogens (tertiary/aromatic N) is 2. The van der Waals surface area contributed by atoms with Gasteiger partial charge in [-0.25, -0.2) is 4.57 Å². The summed E-state index contributed by atoms with van der Waals surface area (Å²) in [6, 6.07) is 2.68. The van der Waals surface area contributed by atoms with Gasteiger partial charge in [-0.15, -0.1) is 10.2 Å². The van der Waals surface area contributed by atoms with Gasteiger partial charge in [0.2, 0.25) is 0 Å². The molecule has 0 spiro atoms. The zero-order chi connectivity index (χ0) is 25.2. The van der Waals surface area contributed by atoms with E-state index < -0.39 is 32.2 Å². The Hall–Kier alpha value is -1.56. The second-order valence-corrected chi connectivity index (χ2v) is 10.1. The van der Waals surface area contributed by atoms with Crippen LogP contribution >= 0.6 is 19.2 Å². The lowest BCUT2D eigenvalue weighted by molar-refractivity contribution is -0.138. The zero-order valence-electron chi connectivity index (χ0n) is 19.0. The van der Waals surface area contributed by atoms with Crippen molar-refractivity contribution in [3.63, 3.8) is 0 Å². The average Bonchev–Trinajstić information content (AvgIpc) is 3.25. The lowest BCUT2D eigenvalue weighted by atomic mass is 10.1. The van der Waals surface area contributed by atoms with Gasteiger partial charge in [0.15, 0.2) is 0 Å². The van der Waals surface area contributed by atoms with Crippen LogP contribution in [0.1, 0.15) is 74.9 Å². The van der Waals surface area contributed by atoms with Crippen LogP contribution in [0.15, 0.2) is 18.2 Å². The van der Waals surface area contributed by atoms with Crippen LogP contribution in [0.3, 0.4) is 0 Å². The first-order valence-electron chi connectivity index (χ1n) is 11.1. The predicted octanol–water partition coefficient (Wildman–Crippen LogP) is 5.85. The third-order valence-electron chi connectivity index (χ3n) is 4.97. The topological polar surface area (TPSA) is 128 Å². The summed E-state index contributed by atoms with van der Waals surface area (Å²) in [5.74, 6) is -0.240. The summed E-state index contributed by atoms with van der Waals surface area (Å²) in [7, 11) is -4.71. The van der Waals surface area contributed by atoms with Gasteiger partial charge < -0.3 is 20.3 Å². The number of unbranched alkanes of at least 4 members (excludes halogenated alkanes) is 7. The fraction of sp³-hybridized carbons (Fsp3) is 0.619. The Morgan fingerprint density at radius 1 is 1.09 bits per heavy atom. The maximum Gasteiger partial charge on any atom is 0.469 e. The summed E-state index contributed by atoms with van der Waals surface area (Å²) >= 11 is 0.915. The third kappa shape index (κ3) is 9.97. The quantitative estimate of drug-likeness (QED) is 0.195. The van der Waals surface area contributed by atoms with Crippen LogP contribution in [0, 0.1) is 0 Å². The molecule has 0 radical (unpaired) electrons. The van der Waals surface area contributed by atoms with E-state index in [1.807, 2.05) is 0 Å². The summed E-state index contributed by atoms with van der Waals surface area (Å²) in [4.78, 5) is 17.5. The molecule has 0 aliphatic carbocycles. The third-order valence-corrected chi connectivity index (χ3v) is 6.56. The largest absolute Gasteiger partial charge is 0.493 e. The van der Waals surface area contributed by atoms with E-state index in [-0.39, 0.29) is 27.9 Å². The average molecular weight is 526 g/mol. The van der Waals surface area contributed by atoms with Crippen LogP contribution in [0.4, 0.5) is 13.2 Å². The van der Waals surface area contributed by atoms with E-state index in [2.05, 4.69) is 21.6 Å². The van der Waals surface area contributed by atoms with Crippen LogP contribution in [0.2, 0.25) is 0 Å². The molecule has 1 heterocycles. The van der Waals surface area contributed by atoms with Crippen LogP contribution in [-0.2, 0) is 15.3 Å². The summed E-state index contributed by atoms with van der Waals surface area (Å²) < 4.78 is 61.5. The number of aromatic nitrogens is 2. The molecular weight excluding hydrogens is 494 g/mol. The Morgan fingerprint density at radius 3 is 2.35 bits per heavy atom. The van der Waals surface area contributed by atoms with E-state index in [9.17, 15) is 17.7 Å². The van der Waals surface area contributed by atoms with Crippen molar-refractivity contribution < 1.29 is 36.8 Å². The maximum absolute atomic E-state index is 13.6. The molecule has 4 N–H and O–H groups in total. The Bertz CT molecular complexity index is 939. The van der Waals surface area contributed by atoms with E-state index in [0.717, 1.165) is 36.7 Å². The van der Waals surface area contributed by atoms with Crippen LogP contribution in [-0.4, -0.2) is 33.2 Å². The van der Waals surface area contributed by atoms with E-state index >= 15 is 0 Å². The zero-order valence-corrected chi connectivity index (χ0v) is 20.7. The fourth-order valence-corrected chi connectivity index (χ4v) is 4.36.